The molecule has 1 unspecified atom stereocenters. The maximum Gasteiger partial charge on any atom is 0.412 e. The first-order valence-corrected chi connectivity index (χ1v) is 9.09. The van der Waals surface area contributed by atoms with Crippen molar-refractivity contribution in [2.45, 2.75) is 47.0 Å². The summed E-state index contributed by atoms with van der Waals surface area (Å²) < 4.78 is 10.1. The summed E-state index contributed by atoms with van der Waals surface area (Å²) in [5.41, 5.74) is 1.58. The number of benzene rings is 1. The first-order chi connectivity index (χ1) is 12.2. The number of ether oxygens (including phenoxy) is 2. The van der Waals surface area contributed by atoms with E-state index in [1.165, 1.54) is 5.56 Å². The van der Waals surface area contributed by atoms with Gasteiger partial charge in [0.1, 0.15) is 12.4 Å². The Labute approximate surface area is 156 Å². The molecule has 1 atom stereocenters. The quantitative estimate of drug-likeness (QED) is 0.394. The van der Waals surface area contributed by atoms with Crippen LogP contribution in [0.2, 0.25) is 0 Å². The smallest absolute Gasteiger partial charge is 0.412 e. The molecule has 1 N–H and O–H groups in total. The van der Waals surface area contributed by atoms with Crippen LogP contribution in [0.4, 0.5) is 4.79 Å². The summed E-state index contributed by atoms with van der Waals surface area (Å²) in [6.07, 6.45) is 0.549. The lowest BCUT2D eigenvalue weighted by atomic mass is 9.82. The van der Waals surface area contributed by atoms with Crippen LogP contribution in [0.25, 0.3) is 0 Å². The average Bonchev–Trinajstić information content (AvgIpc) is 2.56. The molecular formula is C21H31NO4. The fourth-order valence-electron chi connectivity index (χ4n) is 2.65. The summed E-state index contributed by atoms with van der Waals surface area (Å²) in [6.45, 7) is 14.2. The molecule has 0 saturated carbocycles. The number of hydrogen-bond acceptors (Lipinski definition) is 4. The molecule has 1 aromatic rings. The summed E-state index contributed by atoms with van der Waals surface area (Å²) in [5.74, 6) is 1.67. The summed E-state index contributed by atoms with van der Waals surface area (Å²) >= 11 is 0. The van der Waals surface area contributed by atoms with Gasteiger partial charge in [0, 0.05) is 5.57 Å². The van der Waals surface area contributed by atoms with Crippen molar-refractivity contribution in [3.63, 3.8) is 0 Å². The van der Waals surface area contributed by atoms with Crippen LogP contribution in [-0.4, -0.2) is 25.2 Å². The summed E-state index contributed by atoms with van der Waals surface area (Å²) in [6, 6.07) is 7.66. The van der Waals surface area contributed by atoms with Crippen molar-refractivity contribution in [2.24, 2.45) is 11.8 Å². The van der Waals surface area contributed by atoms with E-state index in [2.05, 4.69) is 39.6 Å². The first-order valence-electron chi connectivity index (χ1n) is 9.09. The van der Waals surface area contributed by atoms with Gasteiger partial charge in [0.2, 0.25) is 0 Å². The van der Waals surface area contributed by atoms with Crippen LogP contribution in [0.5, 0.6) is 5.75 Å². The molecule has 0 aliphatic heterocycles. The van der Waals surface area contributed by atoms with E-state index in [-0.39, 0.29) is 13.2 Å². The maximum atomic E-state index is 11.8. The van der Waals surface area contributed by atoms with Gasteiger partial charge < -0.3 is 14.8 Å². The van der Waals surface area contributed by atoms with E-state index < -0.39 is 12.1 Å². The van der Waals surface area contributed by atoms with Crippen LogP contribution in [0.3, 0.4) is 0 Å². The molecule has 144 valence electrons. The van der Waals surface area contributed by atoms with E-state index >= 15 is 0 Å². The molecule has 0 aliphatic rings. The number of nitrogens with one attached hydrogen (secondary N) is 1. The van der Waals surface area contributed by atoms with E-state index in [4.69, 9.17) is 9.47 Å². The molecule has 26 heavy (non-hydrogen) atoms. The third kappa shape index (κ3) is 7.72. The lowest BCUT2D eigenvalue weighted by Crippen LogP contribution is -2.30. The van der Waals surface area contributed by atoms with Gasteiger partial charge in [-0.2, -0.15) is 0 Å². The van der Waals surface area contributed by atoms with E-state index in [1.54, 1.807) is 6.92 Å². The topological polar surface area (TPSA) is 64.6 Å². The lowest BCUT2D eigenvalue weighted by Gasteiger charge is -2.23. The molecule has 5 heteroatoms. The zero-order valence-electron chi connectivity index (χ0n) is 16.5. The minimum Gasteiger partial charge on any atom is -0.460 e. The van der Waals surface area contributed by atoms with E-state index in [1.807, 2.05) is 24.3 Å². The normalized spacial score (nSPS) is 12.0. The van der Waals surface area contributed by atoms with Gasteiger partial charge in [0.05, 0.1) is 6.54 Å². The van der Waals surface area contributed by atoms with Crippen LogP contribution in [0.15, 0.2) is 36.4 Å². The molecule has 1 aromatic carbocycles. The zero-order valence-corrected chi connectivity index (χ0v) is 16.5. The van der Waals surface area contributed by atoms with Crippen LogP contribution >= 0.6 is 0 Å². The Kier molecular flexibility index (Phi) is 8.90. The monoisotopic (exact) mass is 361 g/mol. The van der Waals surface area contributed by atoms with E-state index in [0.717, 1.165) is 6.42 Å². The molecule has 1 rings (SSSR count). The molecule has 0 saturated heterocycles. The number of hydrogen-bond donors (Lipinski definition) is 1. The highest BCUT2D eigenvalue weighted by Crippen LogP contribution is 2.31. The number of carbonyl (C=O) groups is 2. The molecule has 0 aliphatic carbocycles. The SMILES string of the molecule is C=C(C)C(=O)OCCNC(=O)Oc1ccc(C(CC(C)C)C(C)C)cc1. The Balaban J connectivity index is 2.49. The average molecular weight is 361 g/mol. The van der Waals surface area contributed by atoms with Crippen molar-refractivity contribution in [1.82, 2.24) is 5.32 Å². The van der Waals surface area contributed by atoms with Crippen molar-refractivity contribution in [2.75, 3.05) is 13.2 Å². The lowest BCUT2D eigenvalue weighted by molar-refractivity contribution is -0.138. The van der Waals surface area contributed by atoms with Gasteiger partial charge in [0.25, 0.3) is 0 Å². The Bertz CT molecular complexity index is 605. The largest absolute Gasteiger partial charge is 0.460 e. The van der Waals surface area contributed by atoms with Crippen LogP contribution < -0.4 is 10.1 Å². The second-order valence-electron chi connectivity index (χ2n) is 7.28. The number of carbonyl (C=O) groups excluding carboxylic acids is 2. The molecule has 0 fully saturated rings. The second-order valence-corrected chi connectivity index (χ2v) is 7.28. The molecule has 0 radical (unpaired) electrons. The van der Waals surface area contributed by atoms with Crippen LogP contribution in [-0.2, 0) is 9.53 Å². The molecule has 0 aromatic heterocycles. The molecule has 0 heterocycles. The zero-order chi connectivity index (χ0) is 19.7. The number of rotatable bonds is 9. The maximum absolute atomic E-state index is 11.8. The number of esters is 1. The van der Waals surface area contributed by atoms with Crippen molar-refractivity contribution < 1.29 is 19.1 Å². The van der Waals surface area contributed by atoms with Gasteiger partial charge in [-0.25, -0.2) is 9.59 Å². The Morgan fingerprint density at radius 3 is 2.23 bits per heavy atom. The minimum absolute atomic E-state index is 0.0744. The highest BCUT2D eigenvalue weighted by molar-refractivity contribution is 5.86. The fraction of sp³-hybridized carbons (Fsp3) is 0.524. The summed E-state index contributed by atoms with van der Waals surface area (Å²) in [5, 5.41) is 2.54. The van der Waals surface area contributed by atoms with Crippen molar-refractivity contribution in [1.29, 1.82) is 0 Å². The van der Waals surface area contributed by atoms with Gasteiger partial charge in [-0.1, -0.05) is 46.4 Å². The van der Waals surface area contributed by atoms with E-state index in [0.29, 0.717) is 29.1 Å². The van der Waals surface area contributed by atoms with Crippen LogP contribution in [0.1, 0.15) is 52.5 Å². The van der Waals surface area contributed by atoms with Gasteiger partial charge in [0.15, 0.2) is 0 Å². The Morgan fingerprint density at radius 2 is 1.73 bits per heavy atom. The summed E-state index contributed by atoms with van der Waals surface area (Å²) in [7, 11) is 0. The molecule has 0 spiro atoms. The Morgan fingerprint density at radius 1 is 1.12 bits per heavy atom. The highest BCUT2D eigenvalue weighted by Gasteiger charge is 2.17. The third-order valence-electron chi connectivity index (χ3n) is 4.00. The van der Waals surface area contributed by atoms with Gasteiger partial charge in [-0.05, 0) is 48.8 Å². The molecule has 0 bridgehead atoms. The van der Waals surface area contributed by atoms with Crippen LogP contribution in [0, 0.1) is 11.8 Å². The van der Waals surface area contributed by atoms with Crippen molar-refractivity contribution >= 4 is 12.1 Å². The fourth-order valence-corrected chi connectivity index (χ4v) is 2.65. The Hall–Kier alpha value is -2.30. The highest BCUT2D eigenvalue weighted by atomic mass is 16.6. The summed E-state index contributed by atoms with van der Waals surface area (Å²) in [4.78, 5) is 23.0. The van der Waals surface area contributed by atoms with Gasteiger partial charge in [-0.15, -0.1) is 0 Å². The van der Waals surface area contributed by atoms with Gasteiger partial charge in [-0.3, -0.25) is 0 Å². The number of amides is 1. The van der Waals surface area contributed by atoms with Gasteiger partial charge >= 0.3 is 12.1 Å². The predicted molar refractivity (Wildman–Crippen MR) is 103 cm³/mol. The first kappa shape index (κ1) is 21.7. The van der Waals surface area contributed by atoms with Crippen molar-refractivity contribution in [3.05, 3.63) is 42.0 Å². The third-order valence-corrected chi connectivity index (χ3v) is 4.00. The molecule has 1 amide bonds. The van der Waals surface area contributed by atoms with Crippen molar-refractivity contribution in [3.8, 4) is 5.75 Å². The standard InChI is InChI=1S/C21H31NO4/c1-14(2)13-19(15(3)4)17-7-9-18(10-8-17)26-21(24)22-11-12-25-20(23)16(5)6/h7-10,14-15,19H,5,11-13H2,1-4,6H3,(H,22,24). The minimum atomic E-state index is -0.577. The van der Waals surface area contributed by atoms with E-state index in [9.17, 15) is 9.59 Å². The molecule has 5 nitrogen and oxygen atoms in total. The second kappa shape index (κ2) is 10.6. The predicted octanol–water partition coefficient (Wildman–Crippen LogP) is 4.68. The molecular weight excluding hydrogens is 330 g/mol.